The van der Waals surface area contributed by atoms with Crippen LogP contribution in [0.4, 0.5) is 0 Å². The summed E-state index contributed by atoms with van der Waals surface area (Å²) in [6, 6.07) is 5.72. The number of aromatic nitrogens is 2. The Hall–Kier alpha value is -2.68. The van der Waals surface area contributed by atoms with E-state index >= 15 is 0 Å². The Labute approximate surface area is 115 Å². The van der Waals surface area contributed by atoms with Crippen LogP contribution in [0.1, 0.15) is 42.7 Å². The van der Waals surface area contributed by atoms with Crippen molar-refractivity contribution >= 4 is 0 Å². The molecule has 6 nitrogen and oxygen atoms in total. The molecule has 0 amide bonds. The summed E-state index contributed by atoms with van der Waals surface area (Å²) in [6.45, 7) is 4.08. The van der Waals surface area contributed by atoms with Crippen LogP contribution in [-0.4, -0.2) is 10.2 Å². The lowest BCUT2D eigenvalue weighted by molar-refractivity contribution is 0.370. The third kappa shape index (κ3) is 1.67. The number of allylic oxidation sites excluding steroid dienone is 1. The number of H-pyrrole nitrogens is 1. The fourth-order valence-corrected chi connectivity index (χ4v) is 2.45. The normalized spacial score (nSPS) is 17.8. The van der Waals surface area contributed by atoms with Gasteiger partial charge in [0.2, 0.25) is 11.8 Å². The maximum Gasteiger partial charge on any atom is 0.244 e. The second-order valence-electron chi connectivity index (χ2n) is 4.95. The van der Waals surface area contributed by atoms with Gasteiger partial charge in [-0.25, -0.2) is 0 Å². The number of hydrogen-bond acceptors (Lipinski definition) is 5. The number of nitrogens with zero attached hydrogens (tertiary/aromatic N) is 2. The number of nitriles is 1. The smallest absolute Gasteiger partial charge is 0.244 e. The molecule has 102 valence electrons. The van der Waals surface area contributed by atoms with Crippen LogP contribution in [0.5, 0.6) is 5.88 Å². The van der Waals surface area contributed by atoms with Gasteiger partial charge >= 0.3 is 0 Å². The Morgan fingerprint density at radius 3 is 2.90 bits per heavy atom. The number of furan rings is 1. The quantitative estimate of drug-likeness (QED) is 0.872. The lowest BCUT2D eigenvalue weighted by atomic mass is 9.86. The van der Waals surface area contributed by atoms with Crippen LogP contribution in [0.3, 0.4) is 0 Å². The largest absolute Gasteiger partial charge is 0.468 e. The summed E-state index contributed by atoms with van der Waals surface area (Å²) >= 11 is 0. The number of rotatable bonds is 2. The molecule has 0 aromatic carbocycles. The lowest BCUT2D eigenvalue weighted by Crippen LogP contribution is -2.21. The highest BCUT2D eigenvalue weighted by molar-refractivity contribution is 5.53. The zero-order chi connectivity index (χ0) is 14.3. The second-order valence-corrected chi connectivity index (χ2v) is 4.95. The van der Waals surface area contributed by atoms with E-state index in [9.17, 15) is 5.26 Å². The molecule has 0 saturated heterocycles. The van der Waals surface area contributed by atoms with E-state index < -0.39 is 0 Å². The van der Waals surface area contributed by atoms with Crippen molar-refractivity contribution in [2.75, 3.05) is 0 Å². The fourth-order valence-electron chi connectivity index (χ4n) is 2.45. The van der Waals surface area contributed by atoms with E-state index in [1.54, 1.807) is 12.3 Å². The van der Waals surface area contributed by atoms with Crippen LogP contribution in [0.15, 0.2) is 34.3 Å². The predicted octanol–water partition coefficient (Wildman–Crippen LogP) is 2.34. The number of fused-ring (bicyclic) bond motifs is 1. The van der Waals surface area contributed by atoms with Gasteiger partial charge < -0.3 is 14.9 Å². The molecule has 0 bridgehead atoms. The Balaban J connectivity index is 2.24. The maximum atomic E-state index is 9.38. The molecule has 0 spiro atoms. The third-order valence-electron chi connectivity index (χ3n) is 3.37. The van der Waals surface area contributed by atoms with E-state index in [-0.39, 0.29) is 17.7 Å². The van der Waals surface area contributed by atoms with E-state index in [1.807, 2.05) is 19.9 Å². The molecule has 3 rings (SSSR count). The van der Waals surface area contributed by atoms with Gasteiger partial charge in [0.1, 0.15) is 17.4 Å². The van der Waals surface area contributed by atoms with Crippen LogP contribution in [0.25, 0.3) is 0 Å². The van der Waals surface area contributed by atoms with Crippen molar-refractivity contribution in [2.45, 2.75) is 25.7 Å². The Morgan fingerprint density at radius 1 is 1.50 bits per heavy atom. The molecule has 1 aliphatic heterocycles. The highest BCUT2D eigenvalue weighted by Gasteiger charge is 2.37. The van der Waals surface area contributed by atoms with E-state index in [0.29, 0.717) is 17.2 Å². The number of hydrogen-bond donors (Lipinski definition) is 2. The van der Waals surface area contributed by atoms with Crippen LogP contribution in [0, 0.1) is 11.3 Å². The molecule has 3 heterocycles. The van der Waals surface area contributed by atoms with Crippen LogP contribution in [-0.2, 0) is 0 Å². The summed E-state index contributed by atoms with van der Waals surface area (Å²) in [5, 5.41) is 16.5. The summed E-state index contributed by atoms with van der Waals surface area (Å²) in [6.07, 6.45) is 1.57. The van der Waals surface area contributed by atoms with Crippen molar-refractivity contribution in [1.29, 1.82) is 5.26 Å². The summed E-state index contributed by atoms with van der Waals surface area (Å²) in [5.41, 5.74) is 7.91. The first-order valence-corrected chi connectivity index (χ1v) is 6.32. The van der Waals surface area contributed by atoms with E-state index in [0.717, 1.165) is 11.3 Å². The minimum atomic E-state index is -0.380. The molecular weight excluding hydrogens is 256 g/mol. The molecule has 1 atom stereocenters. The molecule has 20 heavy (non-hydrogen) atoms. The van der Waals surface area contributed by atoms with Gasteiger partial charge in [0.25, 0.3) is 0 Å². The van der Waals surface area contributed by atoms with Crippen LogP contribution < -0.4 is 10.5 Å². The first kappa shape index (κ1) is 12.4. The van der Waals surface area contributed by atoms with Crippen molar-refractivity contribution in [3.63, 3.8) is 0 Å². The van der Waals surface area contributed by atoms with Crippen molar-refractivity contribution < 1.29 is 9.15 Å². The molecule has 2 aromatic heterocycles. The molecule has 3 N–H and O–H groups in total. The first-order chi connectivity index (χ1) is 9.63. The molecule has 0 aliphatic carbocycles. The molecular formula is C14H14N4O2. The Kier molecular flexibility index (Phi) is 2.75. The predicted molar refractivity (Wildman–Crippen MR) is 70.7 cm³/mol. The summed E-state index contributed by atoms with van der Waals surface area (Å²) in [5.74, 6) is 0.966. The monoisotopic (exact) mass is 270 g/mol. The molecule has 2 aromatic rings. The van der Waals surface area contributed by atoms with Crippen molar-refractivity contribution in [3.8, 4) is 11.9 Å². The van der Waals surface area contributed by atoms with E-state index in [2.05, 4.69) is 16.3 Å². The van der Waals surface area contributed by atoms with Gasteiger partial charge in [-0.15, -0.1) is 5.10 Å². The second kappa shape index (κ2) is 4.46. The molecule has 6 heteroatoms. The van der Waals surface area contributed by atoms with E-state index in [1.165, 1.54) is 0 Å². The van der Waals surface area contributed by atoms with Crippen molar-refractivity contribution in [2.24, 2.45) is 5.73 Å². The van der Waals surface area contributed by atoms with Crippen LogP contribution >= 0.6 is 0 Å². The Morgan fingerprint density at radius 2 is 2.30 bits per heavy atom. The third-order valence-corrected chi connectivity index (χ3v) is 3.37. The van der Waals surface area contributed by atoms with Gasteiger partial charge in [0.05, 0.1) is 17.7 Å². The number of nitrogens with one attached hydrogen (secondary N) is 1. The number of ether oxygens (including phenoxy) is 1. The molecule has 0 radical (unpaired) electrons. The van der Waals surface area contributed by atoms with Crippen molar-refractivity contribution in [3.05, 3.63) is 46.9 Å². The molecule has 0 fully saturated rings. The summed E-state index contributed by atoms with van der Waals surface area (Å²) in [4.78, 5) is 0. The Bertz CT molecular complexity index is 704. The maximum absolute atomic E-state index is 9.38. The topological polar surface area (TPSA) is 101 Å². The fraction of sp³-hybridized carbons (Fsp3) is 0.286. The van der Waals surface area contributed by atoms with Gasteiger partial charge in [-0.2, -0.15) is 5.26 Å². The summed E-state index contributed by atoms with van der Waals surface area (Å²) < 4.78 is 10.9. The zero-order valence-electron chi connectivity index (χ0n) is 11.2. The van der Waals surface area contributed by atoms with Crippen LogP contribution in [0.2, 0.25) is 0 Å². The highest BCUT2D eigenvalue weighted by Crippen LogP contribution is 2.44. The van der Waals surface area contributed by atoms with Gasteiger partial charge in [-0.05, 0) is 18.1 Å². The molecule has 1 aliphatic rings. The zero-order valence-corrected chi connectivity index (χ0v) is 11.2. The number of nitrogens with two attached hydrogens (primary N) is 1. The highest BCUT2D eigenvalue weighted by atomic mass is 16.5. The van der Waals surface area contributed by atoms with Gasteiger partial charge in [-0.1, -0.05) is 13.8 Å². The summed E-state index contributed by atoms with van der Waals surface area (Å²) in [7, 11) is 0. The van der Waals surface area contributed by atoms with Crippen molar-refractivity contribution in [1.82, 2.24) is 10.2 Å². The van der Waals surface area contributed by atoms with Gasteiger partial charge in [0.15, 0.2) is 0 Å². The van der Waals surface area contributed by atoms with Gasteiger partial charge in [0, 0.05) is 5.69 Å². The number of aromatic amines is 1. The standard InChI is InChI=1S/C14H14N4O2/c1-7(2)12-11-10(9-4-3-5-19-9)8(6-15)13(16)20-14(11)18-17-12/h3-5,7,10H,16H2,1-2H3,(H,17,18)/t10-/m1/s1. The molecule has 0 unspecified atom stereocenters. The van der Waals surface area contributed by atoms with E-state index in [4.69, 9.17) is 14.9 Å². The average Bonchev–Trinajstić information content (AvgIpc) is 3.05. The lowest BCUT2D eigenvalue weighted by Gasteiger charge is -2.22. The SMILES string of the molecule is CC(C)c1[nH]nc2c1[C@@H](c1ccco1)C(C#N)=C(N)O2. The van der Waals surface area contributed by atoms with Gasteiger partial charge in [-0.3, -0.25) is 5.10 Å². The first-order valence-electron chi connectivity index (χ1n) is 6.32. The molecule has 0 saturated carbocycles. The average molecular weight is 270 g/mol. The minimum Gasteiger partial charge on any atom is -0.468 e. The minimum absolute atomic E-state index is 0.0724.